The van der Waals surface area contributed by atoms with Crippen LogP contribution in [0.25, 0.3) is 0 Å². The number of nitrogens with zero attached hydrogens (tertiary/aromatic N) is 1. The first-order valence-corrected chi connectivity index (χ1v) is 6.36. The van der Waals surface area contributed by atoms with E-state index in [1.807, 2.05) is 13.8 Å². The lowest BCUT2D eigenvalue weighted by molar-refractivity contribution is -0.139. The van der Waals surface area contributed by atoms with Crippen LogP contribution in [0.15, 0.2) is 24.3 Å². The molecule has 0 heterocycles. The molecule has 0 aliphatic carbocycles. The number of carboxylic acid groups (broad SMARTS) is 1. The van der Waals surface area contributed by atoms with Crippen LogP contribution in [0.1, 0.15) is 31.4 Å². The van der Waals surface area contributed by atoms with Gasteiger partial charge in [-0.3, -0.25) is 9.69 Å². The zero-order valence-corrected chi connectivity index (χ0v) is 11.4. The summed E-state index contributed by atoms with van der Waals surface area (Å²) in [6, 6.07) is 4.98. The van der Waals surface area contributed by atoms with Crippen LogP contribution in [-0.2, 0) is 17.5 Å². The van der Waals surface area contributed by atoms with E-state index in [-0.39, 0.29) is 19.1 Å². The van der Waals surface area contributed by atoms with Gasteiger partial charge < -0.3 is 5.11 Å². The summed E-state index contributed by atoms with van der Waals surface area (Å²) in [6.07, 6.45) is -3.66. The highest BCUT2D eigenvalue weighted by Gasteiger charge is 2.30. The fourth-order valence-electron chi connectivity index (χ4n) is 1.88. The molecule has 0 amide bonds. The second kappa shape index (κ2) is 6.74. The van der Waals surface area contributed by atoms with Crippen molar-refractivity contribution < 1.29 is 23.1 Å². The average Bonchev–Trinajstić information content (AvgIpc) is 2.36. The predicted molar refractivity (Wildman–Crippen MR) is 69.2 cm³/mol. The Labute approximate surface area is 116 Å². The van der Waals surface area contributed by atoms with Crippen molar-refractivity contribution in [2.75, 3.05) is 6.54 Å². The Morgan fingerprint density at radius 1 is 1.40 bits per heavy atom. The molecule has 1 N–H and O–H groups in total. The van der Waals surface area contributed by atoms with Crippen LogP contribution >= 0.6 is 0 Å². The molecule has 0 aromatic heterocycles. The molecule has 0 aliphatic heterocycles. The molecule has 0 radical (unpaired) electrons. The Morgan fingerprint density at radius 3 is 2.55 bits per heavy atom. The first-order valence-electron chi connectivity index (χ1n) is 6.36. The third-order valence-corrected chi connectivity index (χ3v) is 3.19. The van der Waals surface area contributed by atoms with E-state index in [2.05, 4.69) is 0 Å². The summed E-state index contributed by atoms with van der Waals surface area (Å²) in [5.41, 5.74) is -0.254. The molecule has 0 saturated carbocycles. The molecule has 6 heteroatoms. The lowest BCUT2D eigenvalue weighted by Crippen LogP contribution is -2.36. The summed E-state index contributed by atoms with van der Waals surface area (Å²) in [5, 5.41) is 8.87. The van der Waals surface area contributed by atoms with Gasteiger partial charge in [-0.05, 0) is 25.0 Å². The van der Waals surface area contributed by atoms with Gasteiger partial charge in [-0.2, -0.15) is 13.2 Å². The summed E-state index contributed by atoms with van der Waals surface area (Å²) in [6.45, 7) is 3.76. The van der Waals surface area contributed by atoms with E-state index in [0.717, 1.165) is 18.6 Å². The van der Waals surface area contributed by atoms with Gasteiger partial charge in [0.1, 0.15) is 0 Å². The third-order valence-electron chi connectivity index (χ3n) is 3.19. The molecule has 1 rings (SSSR count). The number of rotatable bonds is 6. The molecular formula is C14H18F3NO2. The van der Waals surface area contributed by atoms with E-state index in [4.69, 9.17) is 5.11 Å². The molecule has 20 heavy (non-hydrogen) atoms. The van der Waals surface area contributed by atoms with Gasteiger partial charge >= 0.3 is 12.1 Å². The van der Waals surface area contributed by atoms with Gasteiger partial charge in [0.15, 0.2) is 0 Å². The molecule has 112 valence electrons. The Morgan fingerprint density at radius 2 is 2.05 bits per heavy atom. The van der Waals surface area contributed by atoms with E-state index >= 15 is 0 Å². The normalized spacial score (nSPS) is 13.5. The van der Waals surface area contributed by atoms with Crippen molar-refractivity contribution in [2.45, 2.75) is 39.0 Å². The second-order valence-electron chi connectivity index (χ2n) is 4.75. The first-order chi connectivity index (χ1) is 9.24. The molecule has 1 aromatic carbocycles. The highest BCUT2D eigenvalue weighted by atomic mass is 19.4. The minimum Gasteiger partial charge on any atom is -0.480 e. The van der Waals surface area contributed by atoms with Crippen molar-refractivity contribution in [2.24, 2.45) is 0 Å². The van der Waals surface area contributed by atoms with Gasteiger partial charge in [-0.25, -0.2) is 0 Å². The second-order valence-corrected chi connectivity index (χ2v) is 4.75. The molecule has 1 atom stereocenters. The number of carbonyl (C=O) groups is 1. The molecule has 1 aromatic rings. The number of carboxylic acids is 1. The maximum atomic E-state index is 12.6. The van der Waals surface area contributed by atoms with Crippen LogP contribution in [0.5, 0.6) is 0 Å². The summed E-state index contributed by atoms with van der Waals surface area (Å²) >= 11 is 0. The summed E-state index contributed by atoms with van der Waals surface area (Å²) in [7, 11) is 0. The van der Waals surface area contributed by atoms with Crippen LogP contribution < -0.4 is 0 Å². The van der Waals surface area contributed by atoms with Gasteiger partial charge in [0.25, 0.3) is 0 Å². The lowest BCUT2D eigenvalue weighted by Gasteiger charge is -2.26. The van der Waals surface area contributed by atoms with Crippen molar-refractivity contribution in [1.29, 1.82) is 0 Å². The average molecular weight is 289 g/mol. The molecule has 0 bridgehead atoms. The third kappa shape index (κ3) is 4.85. The van der Waals surface area contributed by atoms with Crippen molar-refractivity contribution in [3.63, 3.8) is 0 Å². The maximum Gasteiger partial charge on any atom is 0.416 e. The fourth-order valence-corrected chi connectivity index (χ4v) is 1.88. The zero-order valence-electron chi connectivity index (χ0n) is 11.4. The van der Waals surface area contributed by atoms with Crippen molar-refractivity contribution in [3.8, 4) is 0 Å². The van der Waals surface area contributed by atoms with Crippen LogP contribution in [0.2, 0.25) is 0 Å². The number of hydrogen-bond acceptors (Lipinski definition) is 2. The minimum absolute atomic E-state index is 0.0133. The minimum atomic E-state index is -4.38. The SMILES string of the molecule is CCC(C)N(CC(=O)O)Cc1cccc(C(F)(F)F)c1. The molecule has 3 nitrogen and oxygen atoms in total. The van der Waals surface area contributed by atoms with E-state index in [1.165, 1.54) is 6.07 Å². The summed E-state index contributed by atoms with van der Waals surface area (Å²) in [4.78, 5) is 12.5. The van der Waals surface area contributed by atoms with E-state index in [1.54, 1.807) is 11.0 Å². The Kier molecular flexibility index (Phi) is 5.56. The summed E-state index contributed by atoms with van der Waals surface area (Å²) in [5.74, 6) is -0.989. The Hall–Kier alpha value is -1.56. The van der Waals surface area contributed by atoms with E-state index in [9.17, 15) is 18.0 Å². The first kappa shape index (κ1) is 16.5. The molecule has 0 spiro atoms. The van der Waals surface area contributed by atoms with Crippen LogP contribution in [-0.4, -0.2) is 28.6 Å². The highest BCUT2D eigenvalue weighted by molar-refractivity contribution is 5.69. The smallest absolute Gasteiger partial charge is 0.416 e. The summed E-state index contributed by atoms with van der Waals surface area (Å²) < 4.78 is 37.9. The van der Waals surface area contributed by atoms with Gasteiger partial charge in [-0.1, -0.05) is 25.1 Å². The number of halogens is 3. The van der Waals surface area contributed by atoms with Crippen molar-refractivity contribution >= 4 is 5.97 Å². The maximum absolute atomic E-state index is 12.6. The van der Waals surface area contributed by atoms with Gasteiger partial charge in [0, 0.05) is 12.6 Å². The quantitative estimate of drug-likeness (QED) is 0.872. The van der Waals surface area contributed by atoms with Gasteiger partial charge in [0.05, 0.1) is 12.1 Å². The van der Waals surface area contributed by atoms with Gasteiger partial charge in [-0.15, -0.1) is 0 Å². The van der Waals surface area contributed by atoms with E-state index in [0.29, 0.717) is 5.56 Å². The number of benzene rings is 1. The van der Waals surface area contributed by atoms with Crippen molar-refractivity contribution in [1.82, 2.24) is 4.90 Å². The van der Waals surface area contributed by atoms with Gasteiger partial charge in [0.2, 0.25) is 0 Å². The Balaban J connectivity index is 2.91. The molecule has 0 saturated heterocycles. The van der Waals surface area contributed by atoms with Crippen LogP contribution in [0, 0.1) is 0 Å². The molecule has 1 unspecified atom stereocenters. The number of alkyl halides is 3. The number of hydrogen-bond donors (Lipinski definition) is 1. The fraction of sp³-hybridized carbons (Fsp3) is 0.500. The molecular weight excluding hydrogens is 271 g/mol. The molecule has 0 fully saturated rings. The number of aliphatic carboxylic acids is 1. The monoisotopic (exact) mass is 289 g/mol. The topological polar surface area (TPSA) is 40.5 Å². The highest BCUT2D eigenvalue weighted by Crippen LogP contribution is 2.29. The van der Waals surface area contributed by atoms with Crippen molar-refractivity contribution in [3.05, 3.63) is 35.4 Å². The predicted octanol–water partition coefficient (Wildman–Crippen LogP) is 3.39. The standard InChI is InChI=1S/C14H18F3NO2/c1-3-10(2)18(9-13(19)20)8-11-5-4-6-12(7-11)14(15,16)17/h4-7,10H,3,8-9H2,1-2H3,(H,19,20). The van der Waals surface area contributed by atoms with Crippen LogP contribution in [0.3, 0.4) is 0 Å². The zero-order chi connectivity index (χ0) is 15.3. The molecule has 0 aliphatic rings. The Bertz CT molecular complexity index is 460. The van der Waals surface area contributed by atoms with E-state index < -0.39 is 17.7 Å². The van der Waals surface area contributed by atoms with Crippen LogP contribution in [0.4, 0.5) is 13.2 Å². The largest absolute Gasteiger partial charge is 0.480 e. The lowest BCUT2D eigenvalue weighted by atomic mass is 10.1.